The predicted octanol–water partition coefficient (Wildman–Crippen LogP) is 29.4. The highest BCUT2D eigenvalue weighted by Gasteiger charge is 2.31. The summed E-state index contributed by atoms with van der Waals surface area (Å²) >= 11 is 0. The molecule has 4 unspecified atom stereocenters. The van der Waals surface area contributed by atoms with Crippen LogP contribution >= 0.6 is 15.6 Å². The fraction of sp³-hybridized carbons (Fsp3) is 0.957. The third-order valence-corrected chi connectivity index (χ3v) is 24.8. The van der Waals surface area contributed by atoms with E-state index in [9.17, 15) is 43.2 Å². The van der Waals surface area contributed by atoms with E-state index in [4.69, 9.17) is 37.0 Å². The first-order valence-electron chi connectivity index (χ1n) is 48.6. The van der Waals surface area contributed by atoms with Crippen LogP contribution in [0.25, 0.3) is 0 Å². The number of ether oxygens (including phenoxy) is 4. The average Bonchev–Trinajstić information content (AvgIpc) is 0.895. The van der Waals surface area contributed by atoms with Gasteiger partial charge >= 0.3 is 39.5 Å². The number of carbonyl (C=O) groups excluding carboxylic acids is 4. The maximum absolute atomic E-state index is 13.2. The second-order valence-electron chi connectivity index (χ2n) is 34.2. The minimum absolute atomic E-state index is 0.109. The lowest BCUT2D eigenvalue weighted by atomic mass is 9.99. The second-order valence-corrected chi connectivity index (χ2v) is 37.1. The van der Waals surface area contributed by atoms with Crippen molar-refractivity contribution in [1.29, 1.82) is 0 Å². The molecule has 0 heterocycles. The zero-order valence-corrected chi connectivity index (χ0v) is 76.5. The molecule has 113 heavy (non-hydrogen) atoms. The monoisotopic (exact) mass is 1650 g/mol. The van der Waals surface area contributed by atoms with Gasteiger partial charge in [-0.15, -0.1) is 0 Å². The SMILES string of the molecule is CCCCCCCCCCCCCCCCCCCCCCC(=O)OC[C@H](COP(=O)(O)OC[C@@H](O)COP(=O)(O)OC[C@@H](COC(=O)CCCCCCCCCCCCCCC)OC(=O)CCCCCCCCCCCCCCCCC(C)CC)OC(=O)CCCCCCCCCCCCCCCCCCCCC(C)CC. The molecule has 17 nitrogen and oxygen atoms in total. The first-order valence-corrected chi connectivity index (χ1v) is 51.6. The van der Waals surface area contributed by atoms with Gasteiger partial charge in [0.25, 0.3) is 0 Å². The van der Waals surface area contributed by atoms with Gasteiger partial charge in [0.2, 0.25) is 0 Å². The van der Waals surface area contributed by atoms with E-state index in [0.717, 1.165) is 102 Å². The van der Waals surface area contributed by atoms with Gasteiger partial charge in [-0.25, -0.2) is 9.13 Å². The Hall–Kier alpha value is -1.94. The van der Waals surface area contributed by atoms with Crippen LogP contribution in [0.2, 0.25) is 0 Å². The molecule has 3 N–H and O–H groups in total. The summed E-state index contributed by atoms with van der Waals surface area (Å²) in [6.07, 6.45) is 80.5. The molecule has 19 heteroatoms. The Morgan fingerprint density at radius 2 is 0.425 bits per heavy atom. The largest absolute Gasteiger partial charge is 0.472 e. The van der Waals surface area contributed by atoms with Gasteiger partial charge in [-0.3, -0.25) is 37.3 Å². The molecule has 7 atom stereocenters. The summed E-state index contributed by atoms with van der Waals surface area (Å²) in [6.45, 7) is 9.85. The number of aliphatic hydroxyl groups excluding tert-OH is 1. The number of hydrogen-bond acceptors (Lipinski definition) is 15. The van der Waals surface area contributed by atoms with E-state index in [1.54, 1.807) is 0 Å². The maximum Gasteiger partial charge on any atom is 0.472 e. The molecule has 0 aromatic rings. The lowest BCUT2D eigenvalue weighted by molar-refractivity contribution is -0.161. The second kappa shape index (κ2) is 85.1. The zero-order chi connectivity index (χ0) is 82.7. The molecule has 0 spiro atoms. The highest BCUT2D eigenvalue weighted by Crippen LogP contribution is 2.45. The number of phosphoric ester groups is 2. The van der Waals surface area contributed by atoms with Gasteiger partial charge in [-0.05, 0) is 37.5 Å². The van der Waals surface area contributed by atoms with Crippen LogP contribution in [0, 0.1) is 11.8 Å². The number of phosphoric acid groups is 2. The summed E-state index contributed by atoms with van der Waals surface area (Å²) in [6, 6.07) is 0. The van der Waals surface area contributed by atoms with Crippen molar-refractivity contribution in [3.05, 3.63) is 0 Å². The van der Waals surface area contributed by atoms with Crippen LogP contribution in [0.15, 0.2) is 0 Å². The Labute approximate surface area is 696 Å². The van der Waals surface area contributed by atoms with Crippen molar-refractivity contribution in [2.45, 2.75) is 529 Å². The fourth-order valence-electron chi connectivity index (χ4n) is 14.8. The molecule has 0 fully saturated rings. The topological polar surface area (TPSA) is 237 Å². The molecule has 0 aliphatic heterocycles. The lowest BCUT2D eigenvalue weighted by Gasteiger charge is -2.21. The molecular formula is C94H184O17P2. The van der Waals surface area contributed by atoms with E-state index in [-0.39, 0.29) is 25.7 Å². The van der Waals surface area contributed by atoms with Crippen molar-refractivity contribution in [3.8, 4) is 0 Å². The number of hydrogen-bond donors (Lipinski definition) is 3. The molecular weight excluding hydrogens is 1460 g/mol. The van der Waals surface area contributed by atoms with Crippen LogP contribution < -0.4 is 0 Å². The van der Waals surface area contributed by atoms with E-state index in [1.165, 1.54) is 327 Å². The normalized spacial score (nSPS) is 14.2. The Balaban J connectivity index is 5.26. The summed E-state index contributed by atoms with van der Waals surface area (Å²) in [7, 11) is -9.94. The minimum Gasteiger partial charge on any atom is -0.462 e. The minimum atomic E-state index is -4.97. The van der Waals surface area contributed by atoms with Crippen LogP contribution in [0.5, 0.6) is 0 Å². The van der Waals surface area contributed by atoms with E-state index in [0.29, 0.717) is 25.7 Å². The van der Waals surface area contributed by atoms with Gasteiger partial charge in [-0.1, -0.05) is 459 Å². The van der Waals surface area contributed by atoms with Crippen molar-refractivity contribution < 1.29 is 80.2 Å². The average molecular weight is 1650 g/mol. The van der Waals surface area contributed by atoms with Gasteiger partial charge in [0.05, 0.1) is 26.4 Å². The van der Waals surface area contributed by atoms with Crippen molar-refractivity contribution in [1.82, 2.24) is 0 Å². The van der Waals surface area contributed by atoms with Crippen LogP contribution in [0.3, 0.4) is 0 Å². The summed E-state index contributed by atoms with van der Waals surface area (Å²) in [5.74, 6) is -0.373. The third-order valence-electron chi connectivity index (χ3n) is 22.9. The fourth-order valence-corrected chi connectivity index (χ4v) is 16.3. The standard InChI is InChI=1S/C94H184O17P2/c1-7-11-13-15-17-19-21-23-24-25-26-27-31-34-41-47-53-59-65-71-77-92(97)105-83-90(110-93(98)78-72-66-60-54-48-42-35-32-29-28-30-33-39-44-50-56-62-68-74-86(5)9-3)85-109-113(102,103)107-81-88(95)80-106-112(100,101)108-84-89(82-104-91(96)76-70-64-58-52-46-38-22-20-18-16-14-12-8-2)111-94(99)79-73-67-61-55-49-43-37-36-40-45-51-57-63-69-75-87(6)10-4/h86-90,95H,7-85H2,1-6H3,(H,100,101)(H,102,103)/t86?,87?,88-,89+,90+/m0/s1. The van der Waals surface area contributed by atoms with E-state index in [1.807, 2.05) is 0 Å². The van der Waals surface area contributed by atoms with E-state index in [2.05, 4.69) is 41.5 Å². The van der Waals surface area contributed by atoms with Crippen molar-refractivity contribution >= 4 is 39.5 Å². The quantitative estimate of drug-likeness (QED) is 0.0222. The van der Waals surface area contributed by atoms with Gasteiger partial charge in [0.15, 0.2) is 12.2 Å². The van der Waals surface area contributed by atoms with Gasteiger partial charge in [0, 0.05) is 25.7 Å². The summed E-state index contributed by atoms with van der Waals surface area (Å²) in [5.41, 5.74) is 0. The summed E-state index contributed by atoms with van der Waals surface area (Å²) in [5, 5.41) is 10.7. The Morgan fingerprint density at radius 3 is 0.628 bits per heavy atom. The molecule has 0 saturated carbocycles. The van der Waals surface area contributed by atoms with Crippen molar-refractivity contribution in [2.75, 3.05) is 39.6 Å². The molecule has 0 saturated heterocycles. The molecule has 0 aliphatic rings. The maximum atomic E-state index is 13.2. The molecule has 0 aromatic carbocycles. The summed E-state index contributed by atoms with van der Waals surface area (Å²) < 4.78 is 69.2. The summed E-state index contributed by atoms with van der Waals surface area (Å²) in [4.78, 5) is 73.5. The number of carbonyl (C=O) groups is 4. The number of esters is 4. The molecule has 0 bridgehead atoms. The molecule has 0 radical (unpaired) electrons. The number of aliphatic hydroxyl groups is 1. The molecule has 0 aliphatic carbocycles. The lowest BCUT2D eigenvalue weighted by Crippen LogP contribution is -2.30. The number of unbranched alkanes of at least 4 members (excludes halogenated alkanes) is 61. The smallest absolute Gasteiger partial charge is 0.462 e. The number of rotatable bonds is 93. The zero-order valence-electron chi connectivity index (χ0n) is 74.7. The van der Waals surface area contributed by atoms with Gasteiger partial charge in [0.1, 0.15) is 19.3 Å². The van der Waals surface area contributed by atoms with Crippen LogP contribution in [-0.2, 0) is 65.4 Å². The van der Waals surface area contributed by atoms with Crippen LogP contribution in [0.1, 0.15) is 510 Å². The van der Waals surface area contributed by atoms with Crippen LogP contribution in [0.4, 0.5) is 0 Å². The highest BCUT2D eigenvalue weighted by molar-refractivity contribution is 7.47. The Bertz CT molecular complexity index is 2150. The van der Waals surface area contributed by atoms with E-state index >= 15 is 0 Å². The highest BCUT2D eigenvalue weighted by atomic mass is 31.2. The van der Waals surface area contributed by atoms with Gasteiger partial charge in [-0.2, -0.15) is 0 Å². The first-order chi connectivity index (χ1) is 54.9. The molecule has 0 rings (SSSR count). The van der Waals surface area contributed by atoms with Crippen molar-refractivity contribution in [3.63, 3.8) is 0 Å². The predicted molar refractivity (Wildman–Crippen MR) is 469 cm³/mol. The molecule has 0 aromatic heterocycles. The molecule has 672 valence electrons. The third kappa shape index (κ3) is 84.9. The van der Waals surface area contributed by atoms with Gasteiger partial charge < -0.3 is 33.8 Å². The Kier molecular flexibility index (Phi) is 83.6. The van der Waals surface area contributed by atoms with Crippen molar-refractivity contribution in [2.24, 2.45) is 11.8 Å². The Morgan fingerprint density at radius 1 is 0.248 bits per heavy atom. The van der Waals surface area contributed by atoms with Crippen LogP contribution in [-0.4, -0.2) is 96.7 Å². The first kappa shape index (κ1) is 111. The van der Waals surface area contributed by atoms with E-state index < -0.39 is 97.5 Å². The molecule has 0 amide bonds.